The number of anilines is 1. The third-order valence-electron chi connectivity index (χ3n) is 4.07. The summed E-state index contributed by atoms with van der Waals surface area (Å²) in [7, 11) is -3.52. The van der Waals surface area contributed by atoms with Gasteiger partial charge in [0.25, 0.3) is 0 Å². The fourth-order valence-electron chi connectivity index (χ4n) is 2.68. The van der Waals surface area contributed by atoms with E-state index in [9.17, 15) is 8.42 Å². The summed E-state index contributed by atoms with van der Waals surface area (Å²) in [6, 6.07) is 0. The molecule has 0 amide bonds. The van der Waals surface area contributed by atoms with E-state index in [1.807, 2.05) is 0 Å². The molecule has 2 rings (SSSR count). The van der Waals surface area contributed by atoms with E-state index in [4.69, 9.17) is 5.84 Å². The molecule has 3 N–H and O–H groups in total. The number of nitrogens with one attached hydrogen (secondary N) is 1. The number of hydrogen-bond donors (Lipinski definition) is 2. The second-order valence-electron chi connectivity index (χ2n) is 5.73. The van der Waals surface area contributed by atoms with Crippen molar-refractivity contribution < 1.29 is 8.42 Å². The Bertz CT molecular complexity index is 558. The normalized spacial score (nSPS) is 21.2. The fraction of sp³-hybridized carbons (Fsp3) is 0.692. The van der Waals surface area contributed by atoms with Crippen LogP contribution in [0.15, 0.2) is 17.3 Å². The zero-order valence-electron chi connectivity index (χ0n) is 12.5. The Morgan fingerprint density at radius 1 is 1.29 bits per heavy atom. The Kier molecular flexibility index (Phi) is 5.13. The van der Waals surface area contributed by atoms with E-state index >= 15 is 0 Å². The predicted octanol–water partition coefficient (Wildman–Crippen LogP) is 1.21. The molecule has 1 aromatic rings. The lowest BCUT2D eigenvalue weighted by Gasteiger charge is -2.21. The van der Waals surface area contributed by atoms with Crippen LogP contribution in [-0.2, 0) is 10.0 Å². The van der Waals surface area contributed by atoms with E-state index < -0.39 is 10.0 Å². The molecule has 118 valence electrons. The molecule has 0 bridgehead atoms. The average molecular weight is 313 g/mol. The summed E-state index contributed by atoms with van der Waals surface area (Å²) in [5, 5.41) is 0. The molecule has 1 aliphatic heterocycles. The molecular weight excluding hydrogens is 290 g/mol. The summed E-state index contributed by atoms with van der Waals surface area (Å²) >= 11 is 0. The summed E-state index contributed by atoms with van der Waals surface area (Å²) in [5.74, 6) is 6.56. The lowest BCUT2D eigenvalue weighted by molar-refractivity contribution is 0.340. The van der Waals surface area contributed by atoms with E-state index in [0.717, 1.165) is 19.3 Å². The molecule has 1 aliphatic rings. The third kappa shape index (κ3) is 3.69. The van der Waals surface area contributed by atoms with Gasteiger partial charge in [-0.2, -0.15) is 4.31 Å². The highest BCUT2D eigenvalue weighted by Gasteiger charge is 2.28. The minimum Gasteiger partial charge on any atom is -0.292 e. The smallest absolute Gasteiger partial charge is 0.246 e. The van der Waals surface area contributed by atoms with Crippen LogP contribution in [0, 0.1) is 11.8 Å². The van der Waals surface area contributed by atoms with Crippen LogP contribution < -0.4 is 11.3 Å². The van der Waals surface area contributed by atoms with E-state index in [0.29, 0.717) is 24.9 Å². The Balaban J connectivity index is 2.15. The van der Waals surface area contributed by atoms with Gasteiger partial charge in [-0.3, -0.25) is 5.43 Å². The zero-order chi connectivity index (χ0) is 15.5. The number of rotatable bonds is 4. The van der Waals surface area contributed by atoms with E-state index in [-0.39, 0.29) is 10.8 Å². The van der Waals surface area contributed by atoms with Gasteiger partial charge in [0.05, 0.1) is 12.4 Å². The highest BCUT2D eigenvalue weighted by molar-refractivity contribution is 7.89. The van der Waals surface area contributed by atoms with Gasteiger partial charge < -0.3 is 0 Å². The molecule has 1 atom stereocenters. The van der Waals surface area contributed by atoms with Crippen molar-refractivity contribution in [1.82, 2.24) is 14.3 Å². The first kappa shape index (κ1) is 16.1. The number of hydrogen-bond acceptors (Lipinski definition) is 6. The summed E-state index contributed by atoms with van der Waals surface area (Å²) in [6.45, 7) is 5.51. The molecule has 8 heteroatoms. The van der Waals surface area contributed by atoms with Crippen LogP contribution in [0.4, 0.5) is 5.95 Å². The van der Waals surface area contributed by atoms with E-state index in [2.05, 4.69) is 29.2 Å². The molecule has 0 radical (unpaired) electrons. The van der Waals surface area contributed by atoms with Crippen molar-refractivity contribution in [3.8, 4) is 0 Å². The molecular formula is C13H23N5O2S. The first-order chi connectivity index (χ1) is 9.95. The van der Waals surface area contributed by atoms with Gasteiger partial charge in [-0.25, -0.2) is 24.2 Å². The standard InChI is InChI=1S/C13H23N5O2S/c1-10(2)11-4-3-6-18(7-5-11)21(19,20)12-8-15-13(17-14)16-9-12/h8-11H,3-7,14H2,1-2H3,(H,15,16,17). The maximum Gasteiger partial charge on any atom is 0.246 e. The number of nitrogens with zero attached hydrogens (tertiary/aromatic N) is 3. The second-order valence-corrected chi connectivity index (χ2v) is 7.66. The van der Waals surface area contributed by atoms with Gasteiger partial charge in [0.1, 0.15) is 4.90 Å². The van der Waals surface area contributed by atoms with Gasteiger partial charge >= 0.3 is 0 Å². The largest absolute Gasteiger partial charge is 0.292 e. The van der Waals surface area contributed by atoms with Crippen molar-refractivity contribution in [2.24, 2.45) is 17.7 Å². The van der Waals surface area contributed by atoms with E-state index in [1.54, 1.807) is 4.31 Å². The van der Waals surface area contributed by atoms with Crippen LogP contribution in [0.1, 0.15) is 33.1 Å². The zero-order valence-corrected chi connectivity index (χ0v) is 13.3. The molecule has 1 aromatic heterocycles. The van der Waals surface area contributed by atoms with Crippen LogP contribution in [0.25, 0.3) is 0 Å². The topological polar surface area (TPSA) is 101 Å². The highest BCUT2D eigenvalue weighted by Crippen LogP contribution is 2.27. The minimum absolute atomic E-state index is 0.115. The van der Waals surface area contributed by atoms with Crippen molar-refractivity contribution >= 4 is 16.0 Å². The molecule has 0 aliphatic carbocycles. The van der Waals surface area contributed by atoms with Crippen LogP contribution in [0.5, 0.6) is 0 Å². The predicted molar refractivity (Wildman–Crippen MR) is 80.8 cm³/mol. The summed E-state index contributed by atoms with van der Waals surface area (Å²) in [5.41, 5.74) is 2.28. The highest BCUT2D eigenvalue weighted by atomic mass is 32.2. The molecule has 1 fully saturated rings. The summed E-state index contributed by atoms with van der Waals surface area (Å²) in [4.78, 5) is 7.86. The third-order valence-corrected chi connectivity index (χ3v) is 5.92. The molecule has 21 heavy (non-hydrogen) atoms. The van der Waals surface area contributed by atoms with Crippen molar-refractivity contribution in [3.05, 3.63) is 12.4 Å². The number of nitrogens with two attached hydrogens (primary N) is 1. The second kappa shape index (κ2) is 6.67. The Morgan fingerprint density at radius 3 is 2.52 bits per heavy atom. The first-order valence-electron chi connectivity index (χ1n) is 7.24. The Hall–Kier alpha value is -1.25. The average Bonchev–Trinajstić information content (AvgIpc) is 2.73. The molecule has 1 unspecified atom stereocenters. The monoisotopic (exact) mass is 313 g/mol. The van der Waals surface area contributed by atoms with E-state index in [1.165, 1.54) is 12.4 Å². The van der Waals surface area contributed by atoms with Crippen LogP contribution >= 0.6 is 0 Å². The molecule has 2 heterocycles. The summed E-state index contributed by atoms with van der Waals surface area (Å²) in [6.07, 6.45) is 5.46. The molecule has 1 saturated heterocycles. The molecule has 0 saturated carbocycles. The van der Waals surface area contributed by atoms with Crippen molar-refractivity contribution in [2.75, 3.05) is 18.5 Å². The fourth-order valence-corrected chi connectivity index (χ4v) is 4.06. The quantitative estimate of drug-likeness (QED) is 0.640. The SMILES string of the molecule is CC(C)C1CCCN(S(=O)(=O)c2cnc(NN)nc2)CC1. The number of aromatic nitrogens is 2. The van der Waals surface area contributed by atoms with Crippen molar-refractivity contribution in [1.29, 1.82) is 0 Å². The van der Waals surface area contributed by atoms with Gasteiger partial charge in [0.2, 0.25) is 16.0 Å². The summed E-state index contributed by atoms with van der Waals surface area (Å²) < 4.78 is 26.8. The van der Waals surface area contributed by atoms with Crippen molar-refractivity contribution in [2.45, 2.75) is 38.0 Å². The van der Waals surface area contributed by atoms with Crippen molar-refractivity contribution in [3.63, 3.8) is 0 Å². The van der Waals surface area contributed by atoms with Gasteiger partial charge in [-0.05, 0) is 31.1 Å². The lowest BCUT2D eigenvalue weighted by Crippen LogP contribution is -2.32. The first-order valence-corrected chi connectivity index (χ1v) is 8.68. The Labute approximate surface area is 126 Å². The molecule has 0 spiro atoms. The van der Waals surface area contributed by atoms with Gasteiger partial charge in [0.15, 0.2) is 0 Å². The van der Waals surface area contributed by atoms with Crippen LogP contribution in [0.3, 0.4) is 0 Å². The number of hydrazine groups is 1. The lowest BCUT2D eigenvalue weighted by atomic mass is 9.89. The number of sulfonamides is 1. The minimum atomic E-state index is -3.52. The van der Waals surface area contributed by atoms with Crippen LogP contribution in [0.2, 0.25) is 0 Å². The Morgan fingerprint density at radius 2 is 1.95 bits per heavy atom. The van der Waals surface area contributed by atoms with Gasteiger partial charge in [0, 0.05) is 13.1 Å². The molecule has 0 aromatic carbocycles. The van der Waals surface area contributed by atoms with Crippen LogP contribution in [-0.4, -0.2) is 35.8 Å². The maximum absolute atomic E-state index is 12.6. The number of nitrogen functional groups attached to an aromatic ring is 1. The van der Waals surface area contributed by atoms with Gasteiger partial charge in [-0.1, -0.05) is 13.8 Å². The maximum atomic E-state index is 12.6. The van der Waals surface area contributed by atoms with Gasteiger partial charge in [-0.15, -0.1) is 0 Å². The molecule has 7 nitrogen and oxygen atoms in total.